The van der Waals surface area contributed by atoms with E-state index in [2.05, 4.69) is 47.6 Å². The fourth-order valence-corrected chi connectivity index (χ4v) is 1.64. The molecule has 0 aliphatic heterocycles. The molecule has 0 fully saturated rings. The summed E-state index contributed by atoms with van der Waals surface area (Å²) < 4.78 is 0. The average molecular weight is 181 g/mol. The lowest BCUT2D eigenvalue weighted by Crippen LogP contribution is -2.17. The summed E-state index contributed by atoms with van der Waals surface area (Å²) in [5.41, 5.74) is 0.539. The molecule has 0 heterocycles. The topological polar surface area (TPSA) is 23.8 Å². The summed E-state index contributed by atoms with van der Waals surface area (Å²) in [6.45, 7) is 13.2. The third kappa shape index (κ3) is 7.84. The summed E-state index contributed by atoms with van der Waals surface area (Å²) >= 11 is 0. The Labute approximate surface area is 83.1 Å². The van der Waals surface area contributed by atoms with Gasteiger partial charge < -0.3 is 0 Å². The van der Waals surface area contributed by atoms with Crippen molar-refractivity contribution in [2.75, 3.05) is 0 Å². The Morgan fingerprint density at radius 1 is 0.923 bits per heavy atom. The third-order valence-electron chi connectivity index (χ3n) is 1.90. The minimum absolute atomic E-state index is 0.208. The van der Waals surface area contributed by atoms with Crippen LogP contribution in [0.2, 0.25) is 0 Å². The van der Waals surface area contributed by atoms with Crippen molar-refractivity contribution in [1.29, 1.82) is 5.26 Å². The van der Waals surface area contributed by atoms with E-state index >= 15 is 0 Å². The molecule has 0 aromatic rings. The predicted molar refractivity (Wildman–Crippen MR) is 57.2 cm³/mol. The molecular formula is C12H23N. The molecule has 0 rings (SSSR count). The number of hydrogen-bond donors (Lipinski definition) is 0. The van der Waals surface area contributed by atoms with Crippen LogP contribution in [0, 0.1) is 28.1 Å². The van der Waals surface area contributed by atoms with Crippen molar-refractivity contribution in [2.45, 2.75) is 54.4 Å². The fraction of sp³-hybridized carbons (Fsp3) is 0.917. The van der Waals surface area contributed by atoms with Crippen molar-refractivity contribution in [3.05, 3.63) is 0 Å². The lowest BCUT2D eigenvalue weighted by atomic mass is 9.77. The highest BCUT2D eigenvalue weighted by molar-refractivity contribution is 4.88. The number of rotatable bonds is 2. The van der Waals surface area contributed by atoms with Gasteiger partial charge in [-0.1, -0.05) is 41.5 Å². The molecule has 0 aliphatic rings. The van der Waals surface area contributed by atoms with E-state index in [1.165, 1.54) is 0 Å². The molecule has 76 valence electrons. The van der Waals surface area contributed by atoms with Crippen LogP contribution in [0.4, 0.5) is 0 Å². The Balaban J connectivity index is 4.16. The normalized spacial score (nSPS) is 13.1. The van der Waals surface area contributed by atoms with E-state index in [9.17, 15) is 0 Å². The summed E-state index contributed by atoms with van der Waals surface area (Å²) in [6, 6.07) is 2.42. The minimum atomic E-state index is 0.208. The molecule has 0 aromatic carbocycles. The molecule has 0 aliphatic carbocycles. The first-order chi connectivity index (χ1) is 5.64. The predicted octanol–water partition coefficient (Wildman–Crippen LogP) is 4.00. The highest BCUT2D eigenvalue weighted by Gasteiger charge is 2.23. The second kappa shape index (κ2) is 4.13. The molecule has 0 aromatic heterocycles. The average Bonchev–Trinajstić information content (AvgIpc) is 1.79. The van der Waals surface area contributed by atoms with Gasteiger partial charge in [-0.05, 0) is 23.7 Å². The number of nitriles is 1. The SMILES string of the molecule is CC(C)(C)CC(C#N)CC(C)(C)C. The Hall–Kier alpha value is -0.510. The summed E-state index contributed by atoms with van der Waals surface area (Å²) in [5.74, 6) is 0.208. The van der Waals surface area contributed by atoms with Crippen LogP contribution < -0.4 is 0 Å². The smallest absolute Gasteiger partial charge is 0.0656 e. The van der Waals surface area contributed by atoms with Crippen molar-refractivity contribution in [1.82, 2.24) is 0 Å². The van der Waals surface area contributed by atoms with Crippen LogP contribution in [0.1, 0.15) is 54.4 Å². The van der Waals surface area contributed by atoms with Gasteiger partial charge in [0.2, 0.25) is 0 Å². The molecule has 0 radical (unpaired) electrons. The van der Waals surface area contributed by atoms with Crippen LogP contribution in [-0.2, 0) is 0 Å². The second-order valence-corrected chi connectivity index (χ2v) is 6.36. The molecule has 0 bridgehead atoms. The van der Waals surface area contributed by atoms with Gasteiger partial charge in [0.25, 0.3) is 0 Å². The van der Waals surface area contributed by atoms with E-state index in [1.54, 1.807) is 0 Å². The van der Waals surface area contributed by atoms with E-state index in [-0.39, 0.29) is 16.7 Å². The van der Waals surface area contributed by atoms with Gasteiger partial charge in [0, 0.05) is 5.92 Å². The Bertz CT molecular complexity index is 169. The van der Waals surface area contributed by atoms with Gasteiger partial charge in [-0.2, -0.15) is 5.26 Å². The van der Waals surface area contributed by atoms with E-state index < -0.39 is 0 Å². The summed E-state index contributed by atoms with van der Waals surface area (Å²) in [7, 11) is 0. The molecule has 0 N–H and O–H groups in total. The van der Waals surface area contributed by atoms with E-state index in [1.807, 2.05) is 0 Å². The highest BCUT2D eigenvalue weighted by Crippen LogP contribution is 2.32. The Morgan fingerprint density at radius 3 is 1.38 bits per heavy atom. The van der Waals surface area contributed by atoms with Gasteiger partial charge in [-0.25, -0.2) is 0 Å². The maximum atomic E-state index is 9.00. The Morgan fingerprint density at radius 2 is 1.23 bits per heavy atom. The second-order valence-electron chi connectivity index (χ2n) is 6.36. The molecule has 0 saturated carbocycles. The third-order valence-corrected chi connectivity index (χ3v) is 1.90. The van der Waals surface area contributed by atoms with Crippen molar-refractivity contribution in [3.8, 4) is 6.07 Å². The zero-order chi connectivity index (χ0) is 10.7. The van der Waals surface area contributed by atoms with Crippen LogP contribution >= 0.6 is 0 Å². The minimum Gasteiger partial charge on any atom is -0.198 e. The van der Waals surface area contributed by atoms with Crippen molar-refractivity contribution in [3.63, 3.8) is 0 Å². The molecule has 0 saturated heterocycles. The standard InChI is InChI=1S/C12H23N/c1-11(2,3)7-10(9-13)8-12(4,5)6/h10H,7-8H2,1-6H3. The van der Waals surface area contributed by atoms with Crippen LogP contribution in [0.5, 0.6) is 0 Å². The summed E-state index contributed by atoms with van der Waals surface area (Å²) in [6.07, 6.45) is 2.00. The van der Waals surface area contributed by atoms with Gasteiger partial charge in [0.15, 0.2) is 0 Å². The van der Waals surface area contributed by atoms with Crippen LogP contribution in [-0.4, -0.2) is 0 Å². The molecule has 13 heavy (non-hydrogen) atoms. The van der Waals surface area contributed by atoms with Crippen LogP contribution in [0.15, 0.2) is 0 Å². The fourth-order valence-electron chi connectivity index (χ4n) is 1.64. The number of nitrogens with zero attached hydrogens (tertiary/aromatic N) is 1. The first kappa shape index (κ1) is 12.5. The maximum absolute atomic E-state index is 9.00. The van der Waals surface area contributed by atoms with E-state index in [0.29, 0.717) is 0 Å². The molecule has 1 heteroatoms. The molecule has 0 atom stereocenters. The van der Waals surface area contributed by atoms with Crippen molar-refractivity contribution >= 4 is 0 Å². The van der Waals surface area contributed by atoms with E-state index in [4.69, 9.17) is 5.26 Å². The van der Waals surface area contributed by atoms with Gasteiger partial charge >= 0.3 is 0 Å². The zero-order valence-electron chi connectivity index (χ0n) is 9.94. The highest BCUT2D eigenvalue weighted by atomic mass is 14.3. The quantitative estimate of drug-likeness (QED) is 0.631. The first-order valence-corrected chi connectivity index (χ1v) is 5.04. The van der Waals surface area contributed by atoms with Crippen molar-refractivity contribution in [2.24, 2.45) is 16.7 Å². The van der Waals surface area contributed by atoms with Crippen LogP contribution in [0.25, 0.3) is 0 Å². The molecule has 0 spiro atoms. The van der Waals surface area contributed by atoms with Gasteiger partial charge in [-0.15, -0.1) is 0 Å². The lowest BCUT2D eigenvalue weighted by Gasteiger charge is -2.26. The van der Waals surface area contributed by atoms with Crippen LogP contribution in [0.3, 0.4) is 0 Å². The molecule has 0 unspecified atom stereocenters. The first-order valence-electron chi connectivity index (χ1n) is 5.04. The summed E-state index contributed by atoms with van der Waals surface area (Å²) in [5, 5.41) is 9.00. The Kier molecular flexibility index (Phi) is 3.97. The van der Waals surface area contributed by atoms with Crippen molar-refractivity contribution < 1.29 is 0 Å². The van der Waals surface area contributed by atoms with E-state index in [0.717, 1.165) is 12.8 Å². The monoisotopic (exact) mass is 181 g/mol. The molecular weight excluding hydrogens is 158 g/mol. The summed E-state index contributed by atoms with van der Waals surface area (Å²) in [4.78, 5) is 0. The van der Waals surface area contributed by atoms with Gasteiger partial charge in [0.05, 0.1) is 6.07 Å². The van der Waals surface area contributed by atoms with Gasteiger partial charge in [-0.3, -0.25) is 0 Å². The zero-order valence-corrected chi connectivity index (χ0v) is 9.94. The van der Waals surface area contributed by atoms with Gasteiger partial charge in [0.1, 0.15) is 0 Å². The number of hydrogen-bond acceptors (Lipinski definition) is 1. The lowest BCUT2D eigenvalue weighted by molar-refractivity contribution is 0.257. The molecule has 1 nitrogen and oxygen atoms in total. The maximum Gasteiger partial charge on any atom is 0.0656 e. The largest absolute Gasteiger partial charge is 0.198 e. The molecule has 0 amide bonds.